The van der Waals surface area contributed by atoms with E-state index in [1.165, 1.54) is 11.1 Å². The average molecular weight is 475 g/mol. The highest BCUT2D eigenvalue weighted by Crippen LogP contribution is 2.30. The molecule has 0 aliphatic carbocycles. The summed E-state index contributed by atoms with van der Waals surface area (Å²) in [5.74, 6) is 0.338. The smallest absolute Gasteiger partial charge is 0.119 e. The molecule has 0 radical (unpaired) electrons. The predicted octanol–water partition coefficient (Wildman–Crippen LogP) is 8.37. The summed E-state index contributed by atoms with van der Waals surface area (Å²) in [5, 5.41) is 10.8. The number of phenolic OH excluding ortho intramolecular Hbond substituents is 1. The van der Waals surface area contributed by atoms with Gasteiger partial charge < -0.3 is 14.6 Å². The van der Waals surface area contributed by atoms with Crippen molar-refractivity contribution in [3.8, 4) is 5.75 Å². The Labute approximate surface area is 212 Å². The molecule has 0 amide bonds. The Morgan fingerprint density at radius 1 is 0.629 bits per heavy atom. The van der Waals surface area contributed by atoms with E-state index in [4.69, 9.17) is 9.47 Å². The van der Waals surface area contributed by atoms with E-state index in [0.29, 0.717) is 12.2 Å². The Morgan fingerprint density at radius 3 is 1.60 bits per heavy atom. The van der Waals surface area contributed by atoms with Crippen molar-refractivity contribution < 1.29 is 14.6 Å². The minimum atomic E-state index is -0.0211. The summed E-state index contributed by atoms with van der Waals surface area (Å²) in [4.78, 5) is 0. The van der Waals surface area contributed by atoms with Crippen molar-refractivity contribution in [2.24, 2.45) is 0 Å². The van der Waals surface area contributed by atoms with Crippen LogP contribution in [-0.4, -0.2) is 17.3 Å². The highest BCUT2D eigenvalue weighted by molar-refractivity contribution is 5.40. The van der Waals surface area contributed by atoms with Crippen LogP contribution in [0.4, 0.5) is 0 Å². The molecule has 3 rings (SSSR count). The van der Waals surface area contributed by atoms with E-state index in [1.807, 2.05) is 18.2 Å². The molecule has 188 valence electrons. The fourth-order valence-corrected chi connectivity index (χ4v) is 4.79. The molecule has 0 aliphatic rings. The van der Waals surface area contributed by atoms with Gasteiger partial charge in [-0.3, -0.25) is 0 Å². The maximum atomic E-state index is 10.8. The lowest BCUT2D eigenvalue weighted by atomic mass is 9.96. The third kappa shape index (κ3) is 8.23. The van der Waals surface area contributed by atoms with Gasteiger partial charge in [-0.15, -0.1) is 0 Å². The first kappa shape index (κ1) is 27.0. The maximum Gasteiger partial charge on any atom is 0.119 e. The summed E-state index contributed by atoms with van der Waals surface area (Å²) < 4.78 is 13.0. The Kier molecular flexibility index (Phi) is 10.8. The van der Waals surface area contributed by atoms with Gasteiger partial charge in [-0.1, -0.05) is 99.5 Å². The summed E-state index contributed by atoms with van der Waals surface area (Å²) in [7, 11) is 0. The molecule has 1 N–H and O–H groups in total. The SMILES string of the molecule is CCCC(OC(C)Cc1cccc(O)c1CC(C)OC(CCC)c1ccccc1)c1ccccc1. The van der Waals surface area contributed by atoms with Crippen molar-refractivity contribution in [3.05, 3.63) is 101 Å². The Balaban J connectivity index is 1.69. The van der Waals surface area contributed by atoms with Gasteiger partial charge in [0, 0.05) is 6.42 Å². The molecule has 0 aromatic heterocycles. The Bertz CT molecular complexity index is 986. The molecule has 3 heteroatoms. The number of ether oxygens (including phenoxy) is 2. The normalized spacial score (nSPS) is 14.9. The van der Waals surface area contributed by atoms with Gasteiger partial charge in [-0.05, 0) is 61.4 Å². The molecular weight excluding hydrogens is 432 g/mol. The molecule has 3 nitrogen and oxygen atoms in total. The minimum Gasteiger partial charge on any atom is -0.508 e. The van der Waals surface area contributed by atoms with Crippen molar-refractivity contribution in [2.75, 3.05) is 0 Å². The highest BCUT2D eigenvalue weighted by Gasteiger charge is 2.20. The van der Waals surface area contributed by atoms with Gasteiger partial charge in [-0.2, -0.15) is 0 Å². The van der Waals surface area contributed by atoms with Gasteiger partial charge in [-0.25, -0.2) is 0 Å². The number of hydrogen-bond donors (Lipinski definition) is 1. The van der Waals surface area contributed by atoms with Crippen molar-refractivity contribution >= 4 is 0 Å². The first-order valence-corrected chi connectivity index (χ1v) is 13.2. The number of aromatic hydroxyl groups is 1. The van der Waals surface area contributed by atoms with E-state index in [9.17, 15) is 5.11 Å². The standard InChI is InChI=1S/C32H42O3/c1-5-14-31(26-16-9-7-10-17-26)34-24(3)22-28-20-13-21-30(33)29(28)23-25(4)35-32(15-6-2)27-18-11-8-12-19-27/h7-13,16-21,24-25,31-33H,5-6,14-15,22-23H2,1-4H3. The molecule has 4 atom stereocenters. The van der Waals surface area contributed by atoms with Crippen LogP contribution in [-0.2, 0) is 22.3 Å². The van der Waals surface area contributed by atoms with Crippen molar-refractivity contribution in [1.29, 1.82) is 0 Å². The van der Waals surface area contributed by atoms with Gasteiger partial charge in [0.2, 0.25) is 0 Å². The number of hydrogen-bond acceptors (Lipinski definition) is 3. The lowest BCUT2D eigenvalue weighted by molar-refractivity contribution is -0.0110. The fraction of sp³-hybridized carbons (Fsp3) is 0.438. The lowest BCUT2D eigenvalue weighted by Crippen LogP contribution is -2.20. The predicted molar refractivity (Wildman–Crippen MR) is 145 cm³/mol. The van der Waals surface area contributed by atoms with Crippen LogP contribution in [0.15, 0.2) is 78.9 Å². The largest absolute Gasteiger partial charge is 0.508 e. The van der Waals surface area contributed by atoms with Crippen LogP contribution in [0.1, 0.15) is 87.8 Å². The zero-order valence-corrected chi connectivity index (χ0v) is 21.8. The minimum absolute atomic E-state index is 0.0211. The second kappa shape index (κ2) is 14.1. The zero-order valence-electron chi connectivity index (χ0n) is 21.8. The van der Waals surface area contributed by atoms with Crippen LogP contribution in [0.2, 0.25) is 0 Å². The van der Waals surface area contributed by atoms with E-state index in [-0.39, 0.29) is 24.4 Å². The monoisotopic (exact) mass is 474 g/mol. The maximum absolute atomic E-state index is 10.8. The molecule has 0 heterocycles. The van der Waals surface area contributed by atoms with Crippen LogP contribution >= 0.6 is 0 Å². The summed E-state index contributed by atoms with van der Waals surface area (Å²) in [6.07, 6.45) is 5.66. The molecule has 0 bridgehead atoms. The average Bonchev–Trinajstić information content (AvgIpc) is 2.86. The van der Waals surface area contributed by atoms with Crippen LogP contribution in [0.25, 0.3) is 0 Å². The van der Waals surface area contributed by atoms with Gasteiger partial charge in [0.25, 0.3) is 0 Å². The fourth-order valence-electron chi connectivity index (χ4n) is 4.79. The summed E-state index contributed by atoms with van der Waals surface area (Å²) in [5.41, 5.74) is 4.53. The molecule has 0 saturated heterocycles. The molecule has 0 saturated carbocycles. The molecule has 3 aromatic carbocycles. The molecule has 35 heavy (non-hydrogen) atoms. The zero-order chi connectivity index (χ0) is 25.0. The highest BCUT2D eigenvalue weighted by atomic mass is 16.5. The quantitative estimate of drug-likeness (QED) is 0.255. The van der Waals surface area contributed by atoms with Crippen LogP contribution in [0.3, 0.4) is 0 Å². The topological polar surface area (TPSA) is 38.7 Å². The molecule has 3 aromatic rings. The second-order valence-corrected chi connectivity index (χ2v) is 9.59. The molecular formula is C32H42O3. The van der Waals surface area contributed by atoms with E-state index >= 15 is 0 Å². The number of rotatable bonds is 14. The number of benzene rings is 3. The summed E-state index contributed by atoms with van der Waals surface area (Å²) >= 11 is 0. The van der Waals surface area contributed by atoms with Crippen molar-refractivity contribution in [2.45, 2.75) is 90.6 Å². The van der Waals surface area contributed by atoms with E-state index in [0.717, 1.165) is 43.2 Å². The lowest BCUT2D eigenvalue weighted by Gasteiger charge is -2.26. The van der Waals surface area contributed by atoms with Crippen LogP contribution < -0.4 is 0 Å². The molecule has 0 spiro atoms. The van der Waals surface area contributed by atoms with Gasteiger partial charge >= 0.3 is 0 Å². The first-order chi connectivity index (χ1) is 17.0. The Hall–Kier alpha value is -2.62. The first-order valence-electron chi connectivity index (χ1n) is 13.2. The van der Waals surface area contributed by atoms with Crippen molar-refractivity contribution in [1.82, 2.24) is 0 Å². The van der Waals surface area contributed by atoms with Crippen LogP contribution in [0.5, 0.6) is 5.75 Å². The summed E-state index contributed by atoms with van der Waals surface area (Å²) in [6, 6.07) is 26.7. The van der Waals surface area contributed by atoms with E-state index < -0.39 is 0 Å². The molecule has 0 fully saturated rings. The van der Waals surface area contributed by atoms with Gasteiger partial charge in [0.15, 0.2) is 0 Å². The van der Waals surface area contributed by atoms with Crippen LogP contribution in [0, 0.1) is 0 Å². The number of phenols is 1. The third-order valence-corrected chi connectivity index (χ3v) is 6.48. The van der Waals surface area contributed by atoms with Gasteiger partial charge in [0.05, 0.1) is 24.4 Å². The van der Waals surface area contributed by atoms with Crippen molar-refractivity contribution in [3.63, 3.8) is 0 Å². The van der Waals surface area contributed by atoms with Gasteiger partial charge in [0.1, 0.15) is 5.75 Å². The molecule has 0 aliphatic heterocycles. The van der Waals surface area contributed by atoms with E-state index in [1.54, 1.807) is 6.07 Å². The second-order valence-electron chi connectivity index (χ2n) is 9.59. The van der Waals surface area contributed by atoms with E-state index in [2.05, 4.69) is 82.3 Å². The summed E-state index contributed by atoms with van der Waals surface area (Å²) in [6.45, 7) is 8.62. The molecule has 4 unspecified atom stereocenters. The third-order valence-electron chi connectivity index (χ3n) is 6.48. The Morgan fingerprint density at radius 2 is 1.11 bits per heavy atom.